The molecule has 24 heavy (non-hydrogen) atoms. The smallest absolute Gasteiger partial charge is 0.191 e. The van der Waals surface area contributed by atoms with Gasteiger partial charge in [0.25, 0.3) is 0 Å². The molecule has 0 aromatic heterocycles. The number of methoxy groups -OCH3 is 1. The van der Waals surface area contributed by atoms with E-state index in [9.17, 15) is 4.39 Å². The number of halogens is 2. The number of ether oxygens (including phenoxy) is 1. The van der Waals surface area contributed by atoms with Crippen LogP contribution in [0.2, 0.25) is 0 Å². The van der Waals surface area contributed by atoms with E-state index in [4.69, 9.17) is 10.5 Å². The first-order chi connectivity index (χ1) is 11.2. The van der Waals surface area contributed by atoms with Crippen LogP contribution in [-0.4, -0.2) is 37.1 Å². The van der Waals surface area contributed by atoms with Crippen LogP contribution in [0.4, 0.5) is 4.39 Å². The van der Waals surface area contributed by atoms with Crippen molar-refractivity contribution in [2.75, 3.05) is 20.2 Å². The summed E-state index contributed by atoms with van der Waals surface area (Å²) in [5, 5.41) is 0. The van der Waals surface area contributed by atoms with Crippen molar-refractivity contribution in [1.29, 1.82) is 0 Å². The van der Waals surface area contributed by atoms with Crippen LogP contribution in [-0.2, 0) is 0 Å². The van der Waals surface area contributed by atoms with Gasteiger partial charge in [0.05, 0.1) is 13.2 Å². The Morgan fingerprint density at radius 1 is 1.21 bits per heavy atom. The average molecular weight is 447 g/mol. The average Bonchev–Trinajstić information content (AvgIpc) is 2.79. The molecule has 0 spiro atoms. The number of likely N-dealkylation sites (tertiary alicyclic amines) is 1. The molecule has 0 bridgehead atoms. The monoisotopic (exact) mass is 447 g/mol. The molecule has 2 N–H and O–H groups in total. The zero-order chi connectivity index (χ0) is 16.2. The summed E-state index contributed by atoms with van der Waals surface area (Å²) in [7, 11) is 1.48. The lowest BCUT2D eigenvalue weighted by Crippen LogP contribution is -2.40. The Labute approximate surface area is 160 Å². The van der Waals surface area contributed by atoms with Gasteiger partial charge in [-0.05, 0) is 49.3 Å². The van der Waals surface area contributed by atoms with Gasteiger partial charge in [-0.3, -0.25) is 0 Å². The number of nitrogens with zero attached hydrogens (tertiary/aromatic N) is 2. The normalized spacial score (nSPS) is 24.6. The summed E-state index contributed by atoms with van der Waals surface area (Å²) >= 11 is 0. The van der Waals surface area contributed by atoms with Crippen molar-refractivity contribution >= 4 is 29.9 Å². The molecule has 0 radical (unpaired) electrons. The highest BCUT2D eigenvalue weighted by molar-refractivity contribution is 14.0. The van der Waals surface area contributed by atoms with E-state index >= 15 is 0 Å². The number of rotatable bonds is 3. The Morgan fingerprint density at radius 3 is 2.46 bits per heavy atom. The predicted molar refractivity (Wildman–Crippen MR) is 106 cm³/mol. The van der Waals surface area contributed by atoms with Crippen LogP contribution < -0.4 is 10.5 Å². The quantitative estimate of drug-likeness (QED) is 0.435. The fourth-order valence-electron chi connectivity index (χ4n) is 3.47. The third-order valence-corrected chi connectivity index (χ3v) is 5.01. The number of aliphatic imine (C=N–C) groups is 1. The Hall–Kier alpha value is -1.05. The van der Waals surface area contributed by atoms with Gasteiger partial charge in [-0.1, -0.05) is 18.9 Å². The highest BCUT2D eigenvalue weighted by atomic mass is 127. The van der Waals surface area contributed by atoms with Gasteiger partial charge in [0.2, 0.25) is 0 Å². The Kier molecular flexibility index (Phi) is 7.13. The summed E-state index contributed by atoms with van der Waals surface area (Å²) in [6, 6.07) is 5.51. The molecule has 1 aliphatic heterocycles. The summed E-state index contributed by atoms with van der Waals surface area (Å²) in [6.07, 6.45) is 6.88. The van der Waals surface area contributed by atoms with Crippen LogP contribution in [0.25, 0.3) is 0 Å². The summed E-state index contributed by atoms with van der Waals surface area (Å²) in [5.74, 6) is 1.08. The van der Waals surface area contributed by atoms with Gasteiger partial charge in [-0.2, -0.15) is 0 Å². The van der Waals surface area contributed by atoms with E-state index in [1.807, 2.05) is 6.07 Å². The van der Waals surface area contributed by atoms with Gasteiger partial charge in [0.15, 0.2) is 17.5 Å². The lowest BCUT2D eigenvalue weighted by Gasteiger charge is -2.34. The van der Waals surface area contributed by atoms with Crippen molar-refractivity contribution < 1.29 is 9.13 Å². The van der Waals surface area contributed by atoms with Crippen molar-refractivity contribution in [3.8, 4) is 5.75 Å². The van der Waals surface area contributed by atoms with Crippen LogP contribution in [0, 0.1) is 5.82 Å². The molecule has 3 rings (SSSR count). The maximum Gasteiger partial charge on any atom is 0.191 e. The fraction of sp³-hybridized carbons (Fsp3) is 0.611. The van der Waals surface area contributed by atoms with Crippen molar-refractivity contribution in [2.24, 2.45) is 10.7 Å². The topological polar surface area (TPSA) is 50.9 Å². The van der Waals surface area contributed by atoms with Crippen molar-refractivity contribution in [3.05, 3.63) is 29.6 Å². The summed E-state index contributed by atoms with van der Waals surface area (Å²) in [6.45, 7) is 2.05. The predicted octanol–water partition coefficient (Wildman–Crippen LogP) is 3.89. The molecular weight excluding hydrogens is 420 g/mol. The molecule has 6 heteroatoms. The molecular formula is C18H27FIN3O. The molecule has 0 atom stereocenters. The Morgan fingerprint density at radius 2 is 1.88 bits per heavy atom. The van der Waals surface area contributed by atoms with E-state index in [2.05, 4.69) is 9.89 Å². The Bertz CT molecular complexity index is 567. The number of hydrogen-bond acceptors (Lipinski definition) is 2. The first-order valence-corrected chi connectivity index (χ1v) is 8.59. The first-order valence-electron chi connectivity index (χ1n) is 8.59. The van der Waals surface area contributed by atoms with E-state index in [0.717, 1.165) is 31.5 Å². The van der Waals surface area contributed by atoms with Crippen LogP contribution in [0.15, 0.2) is 23.2 Å². The van der Waals surface area contributed by atoms with Crippen LogP contribution in [0.3, 0.4) is 0 Å². The fourth-order valence-corrected chi connectivity index (χ4v) is 3.47. The number of hydrogen-bond donors (Lipinski definition) is 1. The second-order valence-electron chi connectivity index (χ2n) is 6.60. The molecule has 2 aliphatic rings. The third-order valence-electron chi connectivity index (χ3n) is 5.01. The molecule has 1 aromatic rings. The first kappa shape index (κ1) is 19.3. The van der Waals surface area contributed by atoms with Gasteiger partial charge in [-0.25, -0.2) is 9.38 Å². The van der Waals surface area contributed by atoms with E-state index in [0.29, 0.717) is 17.6 Å². The van der Waals surface area contributed by atoms with Crippen LogP contribution in [0.5, 0.6) is 5.75 Å². The number of guanidine groups is 1. The number of benzene rings is 1. The largest absolute Gasteiger partial charge is 0.494 e. The molecule has 1 aromatic carbocycles. The highest BCUT2D eigenvalue weighted by Gasteiger charge is 2.31. The zero-order valence-corrected chi connectivity index (χ0v) is 16.5. The molecule has 134 valence electrons. The van der Waals surface area contributed by atoms with Crippen molar-refractivity contribution in [3.63, 3.8) is 0 Å². The molecule has 1 saturated heterocycles. The van der Waals surface area contributed by atoms with Gasteiger partial charge in [0, 0.05) is 13.1 Å². The Balaban J connectivity index is 0.00000208. The molecule has 0 unspecified atom stereocenters. The standard InChI is InChI=1S/C18H26FN3O.HI/c1-23-17-7-6-13(12-16(17)19)14-10-15(11-14)21-18(20)22-8-4-2-3-5-9-22;/h6-7,12,14-15H,2-5,8-11H2,1H3,(H2,20,21);1H. The van der Waals surface area contributed by atoms with E-state index in [1.54, 1.807) is 12.1 Å². The molecule has 4 nitrogen and oxygen atoms in total. The third kappa shape index (κ3) is 4.52. The summed E-state index contributed by atoms with van der Waals surface area (Å²) in [4.78, 5) is 6.90. The minimum Gasteiger partial charge on any atom is -0.494 e. The maximum absolute atomic E-state index is 13.8. The molecule has 1 saturated carbocycles. The molecule has 1 heterocycles. The minimum absolute atomic E-state index is 0. The number of nitrogens with two attached hydrogens (primary N) is 1. The summed E-state index contributed by atoms with van der Waals surface area (Å²) < 4.78 is 18.7. The second kappa shape index (κ2) is 8.87. The van der Waals surface area contributed by atoms with E-state index < -0.39 is 0 Å². The second-order valence-corrected chi connectivity index (χ2v) is 6.60. The molecule has 1 aliphatic carbocycles. The van der Waals surface area contributed by atoms with Crippen molar-refractivity contribution in [1.82, 2.24) is 4.90 Å². The van der Waals surface area contributed by atoms with Gasteiger partial charge < -0.3 is 15.4 Å². The highest BCUT2D eigenvalue weighted by Crippen LogP contribution is 2.39. The molecule has 2 fully saturated rings. The van der Waals surface area contributed by atoms with Gasteiger partial charge in [-0.15, -0.1) is 24.0 Å². The maximum atomic E-state index is 13.8. The van der Waals surface area contributed by atoms with Gasteiger partial charge >= 0.3 is 0 Å². The van der Waals surface area contributed by atoms with Crippen LogP contribution >= 0.6 is 24.0 Å². The lowest BCUT2D eigenvalue weighted by molar-refractivity contribution is 0.341. The zero-order valence-electron chi connectivity index (χ0n) is 14.2. The molecule has 0 amide bonds. The van der Waals surface area contributed by atoms with Crippen molar-refractivity contribution in [2.45, 2.75) is 50.5 Å². The minimum atomic E-state index is -0.291. The van der Waals surface area contributed by atoms with Crippen LogP contribution in [0.1, 0.15) is 50.0 Å². The van der Waals surface area contributed by atoms with E-state index in [-0.39, 0.29) is 35.8 Å². The SMILES string of the molecule is COc1ccc(C2CC(N=C(N)N3CCCCCC3)C2)cc1F.I. The van der Waals surface area contributed by atoms with Gasteiger partial charge in [0.1, 0.15) is 0 Å². The summed E-state index contributed by atoms with van der Waals surface area (Å²) in [5.41, 5.74) is 7.20. The van der Waals surface area contributed by atoms with E-state index in [1.165, 1.54) is 32.8 Å². The lowest BCUT2D eigenvalue weighted by atomic mass is 9.76.